The first-order valence-corrected chi connectivity index (χ1v) is 6.56. The van der Waals surface area contributed by atoms with Crippen molar-refractivity contribution < 1.29 is 27.4 Å². The maximum absolute atomic E-state index is 12.0. The van der Waals surface area contributed by atoms with Crippen LogP contribution < -0.4 is 14.8 Å². The maximum atomic E-state index is 12.0. The molecule has 0 aliphatic rings. The number of hydrogen-bond acceptors (Lipinski definition) is 4. The van der Waals surface area contributed by atoms with Crippen molar-refractivity contribution in [1.29, 1.82) is 0 Å². The molecular formula is C14H20F3NO3. The standard InChI is InChI=1S/C14H20F3NO3/c1-4-18-10(2)12-6-5-11(19-3)7-13(12)21-9-20-8-14(15,16)17/h5-7,10,18H,4,8-9H2,1-3H3. The summed E-state index contributed by atoms with van der Waals surface area (Å²) in [5.74, 6) is 0.998. The molecule has 1 N–H and O–H groups in total. The molecule has 0 saturated heterocycles. The monoisotopic (exact) mass is 307 g/mol. The van der Waals surface area contributed by atoms with Crippen LogP contribution in [0.4, 0.5) is 13.2 Å². The maximum Gasteiger partial charge on any atom is 0.411 e. The summed E-state index contributed by atoms with van der Waals surface area (Å²) in [5, 5.41) is 3.21. The number of hydrogen-bond donors (Lipinski definition) is 1. The third kappa shape index (κ3) is 6.22. The number of methoxy groups -OCH3 is 1. The molecule has 0 bridgehead atoms. The lowest BCUT2D eigenvalue weighted by molar-refractivity contribution is -0.186. The Morgan fingerprint density at radius 1 is 1.29 bits per heavy atom. The van der Waals surface area contributed by atoms with Crippen molar-refractivity contribution in [3.63, 3.8) is 0 Å². The fourth-order valence-corrected chi connectivity index (χ4v) is 1.80. The van der Waals surface area contributed by atoms with Gasteiger partial charge in [-0.15, -0.1) is 0 Å². The normalized spacial score (nSPS) is 13.0. The van der Waals surface area contributed by atoms with Crippen molar-refractivity contribution in [2.24, 2.45) is 0 Å². The molecule has 4 nitrogen and oxygen atoms in total. The van der Waals surface area contributed by atoms with Gasteiger partial charge in [0.15, 0.2) is 6.79 Å². The highest BCUT2D eigenvalue weighted by atomic mass is 19.4. The minimum Gasteiger partial charge on any atom is -0.497 e. The molecule has 1 rings (SSSR count). The van der Waals surface area contributed by atoms with Crippen LogP contribution in [0, 0.1) is 0 Å². The summed E-state index contributed by atoms with van der Waals surface area (Å²) in [7, 11) is 1.51. The van der Waals surface area contributed by atoms with E-state index in [9.17, 15) is 13.2 Å². The lowest BCUT2D eigenvalue weighted by atomic mass is 10.1. The van der Waals surface area contributed by atoms with Crippen LogP contribution in [0.3, 0.4) is 0 Å². The Kier molecular flexibility index (Phi) is 6.77. The van der Waals surface area contributed by atoms with Crippen molar-refractivity contribution in [3.8, 4) is 11.5 Å². The number of benzene rings is 1. The number of rotatable bonds is 8. The number of halogens is 3. The van der Waals surface area contributed by atoms with Gasteiger partial charge in [-0.2, -0.15) is 13.2 Å². The second kappa shape index (κ2) is 8.09. The molecule has 120 valence electrons. The van der Waals surface area contributed by atoms with E-state index in [-0.39, 0.29) is 6.04 Å². The Labute approximate surface area is 122 Å². The van der Waals surface area contributed by atoms with Gasteiger partial charge >= 0.3 is 6.18 Å². The summed E-state index contributed by atoms with van der Waals surface area (Å²) in [5.41, 5.74) is 0.827. The van der Waals surface area contributed by atoms with Crippen LogP contribution in [0.25, 0.3) is 0 Å². The van der Waals surface area contributed by atoms with E-state index >= 15 is 0 Å². The summed E-state index contributed by atoms with van der Waals surface area (Å²) in [4.78, 5) is 0. The van der Waals surface area contributed by atoms with E-state index in [1.54, 1.807) is 12.1 Å². The van der Waals surface area contributed by atoms with Crippen LogP contribution in [-0.4, -0.2) is 33.2 Å². The van der Waals surface area contributed by atoms with E-state index in [1.807, 2.05) is 19.9 Å². The molecule has 0 saturated carbocycles. The van der Waals surface area contributed by atoms with Gasteiger partial charge in [-0.25, -0.2) is 0 Å². The second-order valence-electron chi connectivity index (χ2n) is 4.41. The van der Waals surface area contributed by atoms with Crippen molar-refractivity contribution in [2.45, 2.75) is 26.1 Å². The Morgan fingerprint density at radius 3 is 2.57 bits per heavy atom. The van der Waals surface area contributed by atoms with Gasteiger partial charge in [0.1, 0.15) is 18.1 Å². The second-order valence-corrected chi connectivity index (χ2v) is 4.41. The zero-order chi connectivity index (χ0) is 15.9. The molecule has 0 spiro atoms. The summed E-state index contributed by atoms with van der Waals surface area (Å²) in [6.07, 6.45) is -4.36. The van der Waals surface area contributed by atoms with Gasteiger partial charge in [0.25, 0.3) is 0 Å². The fourth-order valence-electron chi connectivity index (χ4n) is 1.80. The Bertz CT molecular complexity index is 438. The predicted molar refractivity (Wildman–Crippen MR) is 72.6 cm³/mol. The molecule has 0 fully saturated rings. The molecule has 0 amide bonds. The molecule has 1 atom stereocenters. The van der Waals surface area contributed by atoms with Gasteiger partial charge in [-0.05, 0) is 19.5 Å². The molecule has 0 aromatic heterocycles. The van der Waals surface area contributed by atoms with Crippen LogP contribution >= 0.6 is 0 Å². The number of nitrogens with one attached hydrogen (secondary N) is 1. The molecule has 21 heavy (non-hydrogen) atoms. The molecular weight excluding hydrogens is 287 g/mol. The summed E-state index contributed by atoms with van der Waals surface area (Å²) < 4.78 is 50.8. The minimum atomic E-state index is -4.36. The number of ether oxygens (including phenoxy) is 3. The first-order valence-electron chi connectivity index (χ1n) is 6.56. The van der Waals surface area contributed by atoms with E-state index in [2.05, 4.69) is 10.1 Å². The zero-order valence-corrected chi connectivity index (χ0v) is 12.3. The van der Waals surface area contributed by atoms with Crippen LogP contribution in [0.5, 0.6) is 11.5 Å². The Balaban J connectivity index is 2.72. The van der Waals surface area contributed by atoms with Gasteiger partial charge < -0.3 is 19.5 Å². The van der Waals surface area contributed by atoms with Gasteiger partial charge in [-0.1, -0.05) is 13.0 Å². The van der Waals surface area contributed by atoms with E-state index < -0.39 is 19.6 Å². The van der Waals surface area contributed by atoms with E-state index in [0.29, 0.717) is 11.5 Å². The smallest absolute Gasteiger partial charge is 0.411 e. The molecule has 0 heterocycles. The molecule has 1 aromatic carbocycles. The minimum absolute atomic E-state index is 0.00137. The Hall–Kier alpha value is -1.47. The first kappa shape index (κ1) is 17.6. The summed E-state index contributed by atoms with van der Waals surface area (Å²) >= 11 is 0. The first-order chi connectivity index (χ1) is 9.87. The van der Waals surface area contributed by atoms with Crippen molar-refractivity contribution in [2.75, 3.05) is 27.1 Å². The lowest BCUT2D eigenvalue weighted by Gasteiger charge is -2.18. The van der Waals surface area contributed by atoms with Crippen molar-refractivity contribution >= 4 is 0 Å². The largest absolute Gasteiger partial charge is 0.497 e. The lowest BCUT2D eigenvalue weighted by Crippen LogP contribution is -2.21. The van der Waals surface area contributed by atoms with E-state index in [4.69, 9.17) is 9.47 Å². The third-order valence-corrected chi connectivity index (χ3v) is 2.76. The summed E-state index contributed by atoms with van der Waals surface area (Å²) in [6, 6.07) is 5.20. The average molecular weight is 307 g/mol. The van der Waals surface area contributed by atoms with Crippen LogP contribution in [0.1, 0.15) is 25.5 Å². The van der Waals surface area contributed by atoms with Crippen molar-refractivity contribution in [3.05, 3.63) is 23.8 Å². The SMILES string of the molecule is CCNC(C)c1ccc(OC)cc1OCOCC(F)(F)F. The molecule has 0 aliphatic heterocycles. The fraction of sp³-hybridized carbons (Fsp3) is 0.571. The highest BCUT2D eigenvalue weighted by Gasteiger charge is 2.27. The predicted octanol–water partition coefficient (Wildman–Crippen LogP) is 3.28. The van der Waals surface area contributed by atoms with Crippen molar-refractivity contribution in [1.82, 2.24) is 5.32 Å². The van der Waals surface area contributed by atoms with Crippen LogP contribution in [0.2, 0.25) is 0 Å². The van der Waals surface area contributed by atoms with E-state index in [1.165, 1.54) is 7.11 Å². The van der Waals surface area contributed by atoms with Gasteiger partial charge in [0, 0.05) is 17.7 Å². The van der Waals surface area contributed by atoms with Gasteiger partial charge in [0.05, 0.1) is 7.11 Å². The molecule has 1 unspecified atom stereocenters. The quantitative estimate of drug-likeness (QED) is 0.591. The third-order valence-electron chi connectivity index (χ3n) is 2.76. The van der Waals surface area contributed by atoms with Crippen LogP contribution in [0.15, 0.2) is 18.2 Å². The van der Waals surface area contributed by atoms with Gasteiger partial charge in [-0.3, -0.25) is 0 Å². The van der Waals surface area contributed by atoms with Gasteiger partial charge in [0.2, 0.25) is 0 Å². The highest BCUT2D eigenvalue weighted by molar-refractivity contribution is 5.42. The zero-order valence-electron chi connectivity index (χ0n) is 12.3. The average Bonchev–Trinajstić information content (AvgIpc) is 2.42. The van der Waals surface area contributed by atoms with E-state index in [0.717, 1.165) is 12.1 Å². The molecule has 7 heteroatoms. The highest BCUT2D eigenvalue weighted by Crippen LogP contribution is 2.29. The molecule has 0 radical (unpaired) electrons. The number of alkyl halides is 3. The van der Waals surface area contributed by atoms with Crippen LogP contribution in [-0.2, 0) is 4.74 Å². The summed E-state index contributed by atoms with van der Waals surface area (Å²) in [6.45, 7) is 2.85. The molecule has 0 aliphatic carbocycles. The Morgan fingerprint density at radius 2 is 2.00 bits per heavy atom. The molecule has 1 aromatic rings. The topological polar surface area (TPSA) is 39.7 Å².